The van der Waals surface area contributed by atoms with Gasteiger partial charge in [0.05, 0.1) is 6.61 Å². The molecule has 2 N–H and O–H groups in total. The number of carboxylic acid groups (broad SMARTS) is 1. The predicted octanol–water partition coefficient (Wildman–Crippen LogP) is 0.612. The third-order valence-electron chi connectivity index (χ3n) is 1.51. The van der Waals surface area contributed by atoms with Crippen LogP contribution in [0.25, 0.3) is 0 Å². The molecule has 6 nitrogen and oxygen atoms in total. The van der Waals surface area contributed by atoms with E-state index in [9.17, 15) is 9.59 Å². The number of hydrogen-bond acceptors (Lipinski definition) is 4. The number of amides is 1. The van der Waals surface area contributed by atoms with Gasteiger partial charge in [0, 0.05) is 6.61 Å². The number of rotatable bonds is 7. The number of nitrogens with one attached hydrogen (secondary N) is 1. The molecule has 1 atom stereocenters. The molecule has 0 aliphatic heterocycles. The van der Waals surface area contributed by atoms with E-state index >= 15 is 0 Å². The zero-order valence-corrected chi connectivity index (χ0v) is 8.99. The smallest absolute Gasteiger partial charge is 0.407 e. The lowest BCUT2D eigenvalue weighted by Crippen LogP contribution is -2.39. The molecule has 0 saturated carbocycles. The van der Waals surface area contributed by atoms with Crippen molar-refractivity contribution in [2.24, 2.45) is 0 Å². The fourth-order valence-corrected chi connectivity index (χ4v) is 0.720. The number of carboxylic acids is 1. The molecule has 0 aromatic carbocycles. The first-order valence-electron chi connectivity index (χ1n) is 4.81. The van der Waals surface area contributed by atoms with E-state index in [0.717, 1.165) is 6.42 Å². The van der Waals surface area contributed by atoms with Crippen LogP contribution in [0.4, 0.5) is 4.79 Å². The highest BCUT2D eigenvalue weighted by molar-refractivity contribution is 5.79. The summed E-state index contributed by atoms with van der Waals surface area (Å²) in [5, 5.41) is 10.6. The Bertz CT molecular complexity index is 207. The highest BCUT2D eigenvalue weighted by Gasteiger charge is 2.14. The van der Waals surface area contributed by atoms with Crippen LogP contribution < -0.4 is 5.32 Å². The Kier molecular flexibility index (Phi) is 7.35. The number of alkyl carbamates (subject to hydrolysis) is 1. The maximum absolute atomic E-state index is 10.9. The molecule has 15 heavy (non-hydrogen) atoms. The van der Waals surface area contributed by atoms with Crippen molar-refractivity contribution in [1.82, 2.24) is 5.32 Å². The first-order chi connectivity index (χ1) is 7.07. The largest absolute Gasteiger partial charge is 0.480 e. The molecule has 6 heteroatoms. The molecule has 0 radical (unpaired) electrons. The molecule has 0 aromatic rings. The van der Waals surface area contributed by atoms with Crippen LogP contribution in [0.15, 0.2) is 0 Å². The Morgan fingerprint density at radius 1 is 1.33 bits per heavy atom. The van der Waals surface area contributed by atoms with Gasteiger partial charge in [-0.25, -0.2) is 4.79 Å². The van der Waals surface area contributed by atoms with Crippen LogP contribution in [0, 0.1) is 0 Å². The summed E-state index contributed by atoms with van der Waals surface area (Å²) in [5.41, 5.74) is 0. The monoisotopic (exact) mass is 219 g/mol. The van der Waals surface area contributed by atoms with Gasteiger partial charge in [-0.1, -0.05) is 6.92 Å². The van der Waals surface area contributed by atoms with Gasteiger partial charge in [0.2, 0.25) is 0 Å². The lowest BCUT2D eigenvalue weighted by molar-refractivity contribution is -0.138. The average Bonchev–Trinajstić information content (AvgIpc) is 2.17. The third-order valence-corrected chi connectivity index (χ3v) is 1.51. The fourth-order valence-electron chi connectivity index (χ4n) is 0.720. The van der Waals surface area contributed by atoms with Gasteiger partial charge in [0.15, 0.2) is 0 Å². The summed E-state index contributed by atoms with van der Waals surface area (Å²) in [6, 6.07) is -0.950. The third kappa shape index (κ3) is 7.75. The van der Waals surface area contributed by atoms with Gasteiger partial charge in [0.1, 0.15) is 12.6 Å². The van der Waals surface area contributed by atoms with Crippen molar-refractivity contribution in [3.63, 3.8) is 0 Å². The summed E-state index contributed by atoms with van der Waals surface area (Å²) in [7, 11) is 0. The van der Waals surface area contributed by atoms with Crippen molar-refractivity contribution >= 4 is 12.1 Å². The first kappa shape index (κ1) is 13.7. The summed E-state index contributed by atoms with van der Waals surface area (Å²) in [6.45, 7) is 4.40. The van der Waals surface area contributed by atoms with Crippen LogP contribution in [0.3, 0.4) is 0 Å². The maximum Gasteiger partial charge on any atom is 0.407 e. The van der Waals surface area contributed by atoms with E-state index in [2.05, 4.69) is 10.1 Å². The van der Waals surface area contributed by atoms with Crippen molar-refractivity contribution < 1.29 is 24.2 Å². The number of carbonyl (C=O) groups is 2. The van der Waals surface area contributed by atoms with E-state index in [0.29, 0.717) is 13.2 Å². The van der Waals surface area contributed by atoms with E-state index in [1.54, 1.807) is 0 Å². The van der Waals surface area contributed by atoms with Crippen LogP contribution in [-0.2, 0) is 14.3 Å². The highest BCUT2D eigenvalue weighted by atomic mass is 16.6. The minimum absolute atomic E-state index is 0.123. The molecular weight excluding hydrogens is 202 g/mol. The van der Waals surface area contributed by atoms with Crippen LogP contribution in [0.5, 0.6) is 0 Å². The quantitative estimate of drug-likeness (QED) is 0.613. The van der Waals surface area contributed by atoms with Gasteiger partial charge in [-0.05, 0) is 13.3 Å². The second-order valence-corrected chi connectivity index (χ2v) is 2.95. The van der Waals surface area contributed by atoms with E-state index in [1.807, 2.05) is 6.92 Å². The molecule has 88 valence electrons. The Morgan fingerprint density at radius 2 is 2.00 bits per heavy atom. The standard InChI is InChI=1S/C9H17NO5/c1-3-4-14-5-6-15-9(13)10-7(2)8(11)12/h7H,3-6H2,1-2H3,(H,10,13)(H,11,12). The molecular formula is C9H17NO5. The van der Waals surface area contributed by atoms with Gasteiger partial charge in [-0.15, -0.1) is 0 Å². The second-order valence-electron chi connectivity index (χ2n) is 2.95. The van der Waals surface area contributed by atoms with Crippen molar-refractivity contribution in [3.05, 3.63) is 0 Å². The topological polar surface area (TPSA) is 84.9 Å². The number of hydrogen-bond donors (Lipinski definition) is 2. The molecule has 1 unspecified atom stereocenters. The first-order valence-corrected chi connectivity index (χ1v) is 4.81. The molecule has 0 aromatic heterocycles. The Balaban J connectivity index is 3.45. The number of carbonyl (C=O) groups excluding carboxylic acids is 1. The van der Waals surface area contributed by atoms with Gasteiger partial charge in [-0.2, -0.15) is 0 Å². The SMILES string of the molecule is CCCOCCOC(=O)NC(C)C(=O)O. The van der Waals surface area contributed by atoms with Crippen molar-refractivity contribution in [3.8, 4) is 0 Å². The van der Waals surface area contributed by atoms with E-state index in [1.165, 1.54) is 6.92 Å². The second kappa shape index (κ2) is 8.05. The average molecular weight is 219 g/mol. The van der Waals surface area contributed by atoms with Gasteiger partial charge < -0.3 is 19.9 Å². The van der Waals surface area contributed by atoms with E-state index in [4.69, 9.17) is 9.84 Å². The number of ether oxygens (including phenoxy) is 2. The van der Waals surface area contributed by atoms with E-state index < -0.39 is 18.1 Å². The van der Waals surface area contributed by atoms with Gasteiger partial charge in [0.25, 0.3) is 0 Å². The summed E-state index contributed by atoms with van der Waals surface area (Å²) in [4.78, 5) is 21.3. The molecule has 1 amide bonds. The fraction of sp³-hybridized carbons (Fsp3) is 0.778. The summed E-state index contributed by atoms with van der Waals surface area (Å²) >= 11 is 0. The lowest BCUT2D eigenvalue weighted by Gasteiger charge is -2.09. The van der Waals surface area contributed by atoms with Gasteiger partial charge >= 0.3 is 12.1 Å². The zero-order valence-electron chi connectivity index (χ0n) is 8.99. The van der Waals surface area contributed by atoms with Crippen molar-refractivity contribution in [2.75, 3.05) is 19.8 Å². The minimum Gasteiger partial charge on any atom is -0.480 e. The molecule has 0 bridgehead atoms. The number of aliphatic carboxylic acids is 1. The highest BCUT2D eigenvalue weighted by Crippen LogP contribution is 1.86. The summed E-state index contributed by atoms with van der Waals surface area (Å²) < 4.78 is 9.74. The van der Waals surface area contributed by atoms with Crippen LogP contribution in [-0.4, -0.2) is 43.0 Å². The van der Waals surface area contributed by atoms with Crippen molar-refractivity contribution in [2.45, 2.75) is 26.3 Å². The zero-order chi connectivity index (χ0) is 11.7. The Labute approximate surface area is 88.6 Å². The van der Waals surface area contributed by atoms with Crippen LogP contribution in [0.2, 0.25) is 0 Å². The molecule has 0 rings (SSSR count). The maximum atomic E-state index is 10.9. The van der Waals surface area contributed by atoms with E-state index in [-0.39, 0.29) is 6.61 Å². The molecule has 0 fully saturated rings. The molecule has 0 aliphatic carbocycles. The molecule has 0 spiro atoms. The predicted molar refractivity (Wildman–Crippen MR) is 52.7 cm³/mol. The summed E-state index contributed by atoms with van der Waals surface area (Å²) in [6.07, 6.45) is 0.160. The van der Waals surface area contributed by atoms with Crippen LogP contribution >= 0.6 is 0 Å². The Hall–Kier alpha value is -1.30. The van der Waals surface area contributed by atoms with Crippen molar-refractivity contribution in [1.29, 1.82) is 0 Å². The molecule has 0 aliphatic rings. The normalized spacial score (nSPS) is 11.9. The Morgan fingerprint density at radius 3 is 2.53 bits per heavy atom. The molecule has 0 saturated heterocycles. The molecule has 0 heterocycles. The van der Waals surface area contributed by atoms with Crippen LogP contribution in [0.1, 0.15) is 20.3 Å². The minimum atomic E-state index is -1.10. The van der Waals surface area contributed by atoms with Gasteiger partial charge in [-0.3, -0.25) is 4.79 Å². The lowest BCUT2D eigenvalue weighted by atomic mass is 10.4. The summed E-state index contributed by atoms with van der Waals surface area (Å²) in [5.74, 6) is -1.10.